The minimum atomic E-state index is -0.385. The molecule has 0 radical (unpaired) electrons. The molecule has 1 saturated carbocycles. The number of nitrogens with two attached hydrogens (primary N) is 1. The molecule has 4 aromatic rings. The first-order valence-corrected chi connectivity index (χ1v) is 18.0. The second-order valence-corrected chi connectivity index (χ2v) is 14.1. The van der Waals surface area contributed by atoms with Gasteiger partial charge in [-0.1, -0.05) is 24.3 Å². The average Bonchev–Trinajstić information content (AvgIpc) is 3.15. The van der Waals surface area contributed by atoms with Gasteiger partial charge >= 0.3 is 0 Å². The highest BCUT2D eigenvalue weighted by Crippen LogP contribution is 2.46. The number of imide groups is 1. The van der Waals surface area contributed by atoms with E-state index in [0.717, 1.165) is 63.1 Å². The third-order valence-electron chi connectivity index (χ3n) is 11.3. The Bertz CT molecular complexity index is 1960. The van der Waals surface area contributed by atoms with Crippen LogP contribution in [0.5, 0.6) is 11.5 Å². The first kappa shape index (κ1) is 33.1. The molecule has 0 bridgehead atoms. The maximum Gasteiger partial charge on any atom is 0.249 e. The molecule has 4 aliphatic rings. The molecule has 0 spiro atoms. The molecular formula is C39H42FN7O4. The summed E-state index contributed by atoms with van der Waals surface area (Å²) in [7, 11) is 0. The van der Waals surface area contributed by atoms with Gasteiger partial charge in [-0.2, -0.15) is 0 Å². The number of hydrogen-bond acceptors (Lipinski definition) is 10. The van der Waals surface area contributed by atoms with Gasteiger partial charge in [0.1, 0.15) is 29.8 Å². The number of ether oxygens (including phenoxy) is 1. The quantitative estimate of drug-likeness (QED) is 0.220. The zero-order valence-corrected chi connectivity index (χ0v) is 28.4. The maximum atomic E-state index is 16.2. The van der Waals surface area contributed by atoms with E-state index in [1.54, 1.807) is 42.6 Å². The third kappa shape index (κ3) is 6.37. The standard InChI is InChI=1S/C39H42FN7O4/c40-35-26(14-17-42-36(35)29-22-30(44-45-38(29)41)28-4-1-2-7-33(28)48)24-15-18-46(19-16-24)25-10-8-23(9-11-25)27-5-3-6-31-37(27)51-21-20-47(31)32-12-13-34(49)43-39(32)50/h1-7,14,17,22-25,32,48H,8-13,15-16,18-21H2,(H2,41,45)(H,43,49,50)/t23?,25?,32-/m1/s1. The number of aromatic hydroxyl groups is 1. The summed E-state index contributed by atoms with van der Waals surface area (Å²) in [5, 5.41) is 21.0. The van der Waals surface area contributed by atoms with Crippen molar-refractivity contribution in [2.45, 2.75) is 75.3 Å². The minimum Gasteiger partial charge on any atom is -0.507 e. The Labute approximate surface area is 296 Å². The van der Waals surface area contributed by atoms with Crippen LogP contribution in [-0.2, 0) is 9.59 Å². The van der Waals surface area contributed by atoms with Crippen LogP contribution >= 0.6 is 0 Å². The molecule has 2 aromatic carbocycles. The van der Waals surface area contributed by atoms with E-state index in [2.05, 4.69) is 42.4 Å². The summed E-state index contributed by atoms with van der Waals surface area (Å²) in [4.78, 5) is 33.5. The molecule has 2 amide bonds. The number of fused-ring (bicyclic) bond motifs is 1. The molecule has 12 heteroatoms. The summed E-state index contributed by atoms with van der Waals surface area (Å²) in [5.41, 5.74) is 10.3. The highest BCUT2D eigenvalue weighted by Gasteiger charge is 2.37. The number of aromatic nitrogens is 3. The first-order valence-electron chi connectivity index (χ1n) is 18.0. The number of nitrogens with zero attached hydrogens (tertiary/aromatic N) is 5. The average molecular weight is 692 g/mol. The van der Waals surface area contributed by atoms with Crippen LogP contribution < -0.4 is 20.7 Å². The number of carbonyl (C=O) groups excluding carboxylic acids is 2. The number of nitrogen functional groups attached to an aromatic ring is 1. The molecular weight excluding hydrogens is 649 g/mol. The summed E-state index contributed by atoms with van der Waals surface area (Å²) in [6, 6.07) is 16.6. The molecule has 3 fully saturated rings. The lowest BCUT2D eigenvalue weighted by atomic mass is 9.79. The Morgan fingerprint density at radius 2 is 1.65 bits per heavy atom. The van der Waals surface area contributed by atoms with E-state index >= 15 is 4.39 Å². The Hall–Kier alpha value is -5.10. The maximum absolute atomic E-state index is 16.2. The SMILES string of the molecule is Nc1nnc(-c2ccccc2O)cc1-c1nccc(C2CCN(C3CCC(c4cccc5c4OCCN5[C@@H]4CCC(=O)NC4=O)CC3)CC2)c1F. The van der Waals surface area contributed by atoms with Gasteiger partial charge in [0.15, 0.2) is 11.6 Å². The number of pyridine rings is 1. The largest absolute Gasteiger partial charge is 0.507 e. The Morgan fingerprint density at radius 1 is 0.863 bits per heavy atom. The Kier molecular flexibility index (Phi) is 9.01. The Balaban J connectivity index is 0.914. The van der Waals surface area contributed by atoms with E-state index in [0.29, 0.717) is 60.3 Å². The number of rotatable bonds is 6. The fraction of sp³-hybridized carbons (Fsp3) is 0.410. The number of carbonyl (C=O) groups is 2. The molecule has 8 rings (SSSR count). The lowest BCUT2D eigenvalue weighted by molar-refractivity contribution is -0.134. The number of amides is 2. The van der Waals surface area contributed by atoms with Crippen molar-refractivity contribution in [2.75, 3.05) is 36.9 Å². The summed E-state index contributed by atoms with van der Waals surface area (Å²) in [5.74, 6) is 0.641. The Morgan fingerprint density at radius 3 is 2.43 bits per heavy atom. The van der Waals surface area contributed by atoms with Crippen molar-refractivity contribution in [3.63, 3.8) is 0 Å². The van der Waals surface area contributed by atoms with Crippen molar-refractivity contribution in [1.29, 1.82) is 0 Å². The number of para-hydroxylation sites is 2. The molecule has 2 saturated heterocycles. The fourth-order valence-corrected chi connectivity index (χ4v) is 8.62. The molecule has 51 heavy (non-hydrogen) atoms. The first-order chi connectivity index (χ1) is 24.9. The van der Waals surface area contributed by atoms with E-state index < -0.39 is 0 Å². The van der Waals surface area contributed by atoms with Gasteiger partial charge in [0.2, 0.25) is 11.8 Å². The molecule has 2 aromatic heterocycles. The predicted molar refractivity (Wildman–Crippen MR) is 191 cm³/mol. The van der Waals surface area contributed by atoms with Crippen LogP contribution in [0, 0.1) is 5.82 Å². The smallest absolute Gasteiger partial charge is 0.249 e. The molecule has 5 heterocycles. The zero-order chi connectivity index (χ0) is 35.1. The number of phenolic OH excluding ortho intramolecular Hbond substituents is 1. The van der Waals surface area contributed by atoms with E-state index in [-0.39, 0.29) is 46.9 Å². The monoisotopic (exact) mass is 691 g/mol. The topological polar surface area (TPSA) is 147 Å². The van der Waals surface area contributed by atoms with Gasteiger partial charge in [-0.15, -0.1) is 10.2 Å². The van der Waals surface area contributed by atoms with Crippen LogP contribution in [0.1, 0.15) is 74.3 Å². The number of anilines is 2. The number of phenols is 1. The van der Waals surface area contributed by atoms with Crippen molar-refractivity contribution in [1.82, 2.24) is 25.4 Å². The van der Waals surface area contributed by atoms with Crippen LogP contribution in [0.25, 0.3) is 22.5 Å². The number of benzene rings is 2. The molecule has 3 aliphatic heterocycles. The highest BCUT2D eigenvalue weighted by molar-refractivity contribution is 6.02. The summed E-state index contributed by atoms with van der Waals surface area (Å²) in [6.45, 7) is 2.93. The second-order valence-electron chi connectivity index (χ2n) is 14.1. The molecule has 1 aliphatic carbocycles. The zero-order valence-electron chi connectivity index (χ0n) is 28.4. The number of likely N-dealkylation sites (tertiary alicyclic amines) is 1. The van der Waals surface area contributed by atoms with Crippen molar-refractivity contribution in [3.05, 3.63) is 77.7 Å². The van der Waals surface area contributed by atoms with Gasteiger partial charge in [0.25, 0.3) is 0 Å². The van der Waals surface area contributed by atoms with Crippen LogP contribution in [0.3, 0.4) is 0 Å². The van der Waals surface area contributed by atoms with Gasteiger partial charge < -0.3 is 25.4 Å². The summed E-state index contributed by atoms with van der Waals surface area (Å²) < 4.78 is 22.5. The minimum absolute atomic E-state index is 0.0521. The summed E-state index contributed by atoms with van der Waals surface area (Å²) >= 11 is 0. The predicted octanol–water partition coefficient (Wildman–Crippen LogP) is 5.54. The van der Waals surface area contributed by atoms with Crippen molar-refractivity contribution >= 4 is 23.3 Å². The highest BCUT2D eigenvalue weighted by atomic mass is 19.1. The fourth-order valence-electron chi connectivity index (χ4n) is 8.62. The van der Waals surface area contributed by atoms with Gasteiger partial charge in [0.05, 0.1) is 17.9 Å². The second kappa shape index (κ2) is 13.9. The number of halogens is 1. The third-order valence-corrected chi connectivity index (χ3v) is 11.3. The van der Waals surface area contributed by atoms with Crippen LogP contribution in [0.15, 0.2) is 60.8 Å². The molecule has 264 valence electrons. The van der Waals surface area contributed by atoms with Gasteiger partial charge in [-0.3, -0.25) is 19.9 Å². The summed E-state index contributed by atoms with van der Waals surface area (Å²) in [6.07, 6.45) is 8.47. The number of nitrogens with one attached hydrogen (secondary N) is 1. The molecule has 11 nitrogen and oxygen atoms in total. The van der Waals surface area contributed by atoms with E-state index in [1.165, 1.54) is 5.56 Å². The van der Waals surface area contributed by atoms with Gasteiger partial charge in [0, 0.05) is 29.8 Å². The van der Waals surface area contributed by atoms with Crippen molar-refractivity contribution < 1.29 is 23.8 Å². The van der Waals surface area contributed by atoms with Gasteiger partial charge in [-0.05, 0) is 111 Å². The number of hydrogen-bond donors (Lipinski definition) is 3. The van der Waals surface area contributed by atoms with Gasteiger partial charge in [-0.25, -0.2) is 4.39 Å². The normalized spacial score (nSPS) is 23.0. The van der Waals surface area contributed by atoms with Crippen molar-refractivity contribution in [3.8, 4) is 34.0 Å². The van der Waals surface area contributed by atoms with E-state index in [1.807, 2.05) is 6.07 Å². The van der Waals surface area contributed by atoms with E-state index in [9.17, 15) is 14.7 Å². The number of piperidine rings is 2. The molecule has 4 N–H and O–H groups in total. The van der Waals surface area contributed by atoms with Crippen LogP contribution in [-0.4, -0.2) is 75.3 Å². The van der Waals surface area contributed by atoms with E-state index in [4.69, 9.17) is 10.5 Å². The lowest BCUT2D eigenvalue weighted by Crippen LogP contribution is -2.54. The molecule has 1 atom stereocenters. The van der Waals surface area contributed by atoms with Crippen LogP contribution in [0.4, 0.5) is 15.9 Å². The lowest BCUT2D eigenvalue weighted by Gasteiger charge is -2.42. The van der Waals surface area contributed by atoms with Crippen molar-refractivity contribution in [2.24, 2.45) is 0 Å². The van der Waals surface area contributed by atoms with Crippen LogP contribution in [0.2, 0.25) is 0 Å². The molecule has 0 unspecified atom stereocenters.